The number of fused-ring (bicyclic) bond motifs is 1. The van der Waals surface area contributed by atoms with Crippen molar-refractivity contribution in [2.45, 2.75) is 39.2 Å². The maximum absolute atomic E-state index is 3.27. The SMILES string of the molecule is CCCC[C@@H]1Cc2cccc(CNC)c2N(C)C1. The van der Waals surface area contributed by atoms with Crippen LogP contribution in [0.15, 0.2) is 18.2 Å². The third kappa shape index (κ3) is 2.86. The van der Waals surface area contributed by atoms with Gasteiger partial charge in [0.15, 0.2) is 0 Å². The fraction of sp³-hybridized carbons (Fsp3) is 0.625. The number of nitrogens with one attached hydrogen (secondary N) is 1. The lowest BCUT2D eigenvalue weighted by Gasteiger charge is -2.35. The summed E-state index contributed by atoms with van der Waals surface area (Å²) in [5, 5.41) is 3.27. The molecule has 1 aliphatic rings. The predicted octanol–water partition coefficient (Wildman–Crippen LogP) is 3.20. The van der Waals surface area contributed by atoms with Gasteiger partial charge in [0, 0.05) is 25.8 Å². The molecule has 0 bridgehead atoms. The van der Waals surface area contributed by atoms with Gasteiger partial charge < -0.3 is 10.2 Å². The van der Waals surface area contributed by atoms with Crippen LogP contribution in [-0.4, -0.2) is 20.6 Å². The molecule has 2 rings (SSSR count). The zero-order valence-electron chi connectivity index (χ0n) is 12.0. The molecule has 2 heteroatoms. The maximum Gasteiger partial charge on any atom is 0.0442 e. The number of nitrogens with zero attached hydrogens (tertiary/aromatic N) is 1. The highest BCUT2D eigenvalue weighted by molar-refractivity contribution is 5.61. The third-order valence-electron chi connectivity index (χ3n) is 3.96. The Morgan fingerprint density at radius 1 is 1.39 bits per heavy atom. The zero-order valence-corrected chi connectivity index (χ0v) is 12.0. The summed E-state index contributed by atoms with van der Waals surface area (Å²) in [6, 6.07) is 6.77. The molecule has 0 saturated heterocycles. The Hall–Kier alpha value is -1.02. The molecule has 1 aromatic carbocycles. The van der Waals surface area contributed by atoms with Gasteiger partial charge in [0.2, 0.25) is 0 Å². The summed E-state index contributed by atoms with van der Waals surface area (Å²) in [5.41, 5.74) is 4.45. The Bertz CT molecular complexity index is 387. The van der Waals surface area contributed by atoms with Gasteiger partial charge in [0.1, 0.15) is 0 Å². The minimum Gasteiger partial charge on any atom is -0.374 e. The van der Waals surface area contributed by atoms with Crippen LogP contribution in [0.5, 0.6) is 0 Å². The van der Waals surface area contributed by atoms with E-state index < -0.39 is 0 Å². The lowest BCUT2D eigenvalue weighted by molar-refractivity contribution is 0.449. The highest BCUT2D eigenvalue weighted by Crippen LogP contribution is 2.33. The molecular formula is C16H26N2. The normalized spacial score (nSPS) is 18.8. The van der Waals surface area contributed by atoms with E-state index in [0.717, 1.165) is 12.5 Å². The second-order valence-electron chi connectivity index (χ2n) is 5.55. The Kier molecular flexibility index (Phi) is 4.65. The van der Waals surface area contributed by atoms with Crippen LogP contribution in [-0.2, 0) is 13.0 Å². The summed E-state index contributed by atoms with van der Waals surface area (Å²) in [6.07, 6.45) is 5.31. The molecule has 0 saturated carbocycles. The van der Waals surface area contributed by atoms with E-state index in [-0.39, 0.29) is 0 Å². The Morgan fingerprint density at radius 3 is 2.94 bits per heavy atom. The van der Waals surface area contributed by atoms with Crippen molar-refractivity contribution in [3.63, 3.8) is 0 Å². The van der Waals surface area contributed by atoms with Crippen molar-refractivity contribution in [3.05, 3.63) is 29.3 Å². The molecule has 0 fully saturated rings. The van der Waals surface area contributed by atoms with Crippen LogP contribution in [0, 0.1) is 5.92 Å². The standard InChI is InChI=1S/C16H26N2/c1-4-5-7-13-10-14-8-6-9-15(11-17-2)16(14)18(3)12-13/h6,8-9,13,17H,4-5,7,10-12H2,1-3H3/t13-/m1/s1. The number of rotatable bonds is 5. The number of hydrogen-bond donors (Lipinski definition) is 1. The molecule has 18 heavy (non-hydrogen) atoms. The topological polar surface area (TPSA) is 15.3 Å². The molecule has 0 amide bonds. The van der Waals surface area contributed by atoms with Crippen LogP contribution < -0.4 is 10.2 Å². The average molecular weight is 246 g/mol. The first-order chi connectivity index (χ1) is 8.76. The molecule has 1 heterocycles. The molecule has 1 atom stereocenters. The zero-order chi connectivity index (χ0) is 13.0. The van der Waals surface area contributed by atoms with Crippen molar-refractivity contribution < 1.29 is 0 Å². The van der Waals surface area contributed by atoms with Crippen LogP contribution in [0.2, 0.25) is 0 Å². The largest absolute Gasteiger partial charge is 0.374 e. The van der Waals surface area contributed by atoms with Gasteiger partial charge >= 0.3 is 0 Å². The Labute approximate surface area is 111 Å². The maximum atomic E-state index is 3.27. The van der Waals surface area contributed by atoms with E-state index in [1.54, 1.807) is 0 Å². The fourth-order valence-corrected chi connectivity index (χ4v) is 3.17. The first-order valence-electron chi connectivity index (χ1n) is 7.22. The Morgan fingerprint density at radius 2 is 2.22 bits per heavy atom. The predicted molar refractivity (Wildman–Crippen MR) is 79.2 cm³/mol. The minimum atomic E-state index is 0.840. The van der Waals surface area contributed by atoms with E-state index in [4.69, 9.17) is 0 Å². The molecule has 0 radical (unpaired) electrons. The molecule has 1 aromatic rings. The van der Waals surface area contributed by atoms with Crippen LogP contribution in [0.3, 0.4) is 0 Å². The first-order valence-corrected chi connectivity index (χ1v) is 7.22. The third-order valence-corrected chi connectivity index (χ3v) is 3.96. The number of benzene rings is 1. The summed E-state index contributed by atoms with van der Waals surface area (Å²) >= 11 is 0. The molecule has 0 aromatic heterocycles. The van der Waals surface area contributed by atoms with Crippen molar-refractivity contribution in [3.8, 4) is 0 Å². The lowest BCUT2D eigenvalue weighted by atomic mass is 9.87. The number of unbranched alkanes of at least 4 members (excludes halogenated alkanes) is 1. The van der Waals surface area contributed by atoms with Crippen LogP contribution in [0.25, 0.3) is 0 Å². The molecule has 2 nitrogen and oxygen atoms in total. The van der Waals surface area contributed by atoms with Gasteiger partial charge in [-0.25, -0.2) is 0 Å². The number of hydrogen-bond acceptors (Lipinski definition) is 2. The van der Waals surface area contributed by atoms with Gasteiger partial charge in [-0.3, -0.25) is 0 Å². The number of anilines is 1. The van der Waals surface area contributed by atoms with E-state index in [1.807, 2.05) is 7.05 Å². The molecule has 0 unspecified atom stereocenters. The molecule has 0 spiro atoms. The van der Waals surface area contributed by atoms with Crippen LogP contribution in [0.4, 0.5) is 5.69 Å². The van der Waals surface area contributed by atoms with E-state index >= 15 is 0 Å². The summed E-state index contributed by atoms with van der Waals surface area (Å²) in [4.78, 5) is 2.46. The summed E-state index contributed by atoms with van der Waals surface area (Å²) in [7, 11) is 4.27. The average Bonchev–Trinajstić information content (AvgIpc) is 2.36. The van der Waals surface area contributed by atoms with Gasteiger partial charge in [0.25, 0.3) is 0 Å². The van der Waals surface area contributed by atoms with Crippen molar-refractivity contribution in [2.75, 3.05) is 25.5 Å². The van der Waals surface area contributed by atoms with Crippen LogP contribution >= 0.6 is 0 Å². The highest BCUT2D eigenvalue weighted by atomic mass is 15.1. The van der Waals surface area contributed by atoms with Gasteiger partial charge in [0.05, 0.1) is 0 Å². The van der Waals surface area contributed by atoms with Gasteiger partial charge in [-0.2, -0.15) is 0 Å². The van der Waals surface area contributed by atoms with Crippen molar-refractivity contribution in [2.24, 2.45) is 5.92 Å². The number of para-hydroxylation sites is 1. The van der Waals surface area contributed by atoms with Crippen LogP contribution in [0.1, 0.15) is 37.3 Å². The lowest BCUT2D eigenvalue weighted by Crippen LogP contribution is -2.33. The smallest absolute Gasteiger partial charge is 0.0442 e. The van der Waals surface area contributed by atoms with Crippen molar-refractivity contribution in [1.29, 1.82) is 0 Å². The molecule has 1 aliphatic heterocycles. The summed E-state index contributed by atoms with van der Waals surface area (Å²) < 4.78 is 0. The molecule has 1 N–H and O–H groups in total. The van der Waals surface area contributed by atoms with Crippen molar-refractivity contribution in [1.82, 2.24) is 5.32 Å². The van der Waals surface area contributed by atoms with Gasteiger partial charge in [-0.1, -0.05) is 38.0 Å². The van der Waals surface area contributed by atoms with E-state index in [0.29, 0.717) is 0 Å². The van der Waals surface area contributed by atoms with E-state index in [2.05, 4.69) is 42.4 Å². The van der Waals surface area contributed by atoms with Crippen molar-refractivity contribution >= 4 is 5.69 Å². The summed E-state index contributed by atoms with van der Waals surface area (Å²) in [6.45, 7) is 4.46. The van der Waals surface area contributed by atoms with Gasteiger partial charge in [-0.05, 0) is 36.9 Å². The monoisotopic (exact) mass is 246 g/mol. The quantitative estimate of drug-likeness (QED) is 0.858. The second kappa shape index (κ2) is 6.24. The highest BCUT2D eigenvalue weighted by Gasteiger charge is 2.23. The molecule has 100 valence electrons. The van der Waals surface area contributed by atoms with E-state index in [1.165, 1.54) is 49.0 Å². The second-order valence-corrected chi connectivity index (χ2v) is 5.55. The fourth-order valence-electron chi connectivity index (χ4n) is 3.17. The van der Waals surface area contributed by atoms with E-state index in [9.17, 15) is 0 Å². The first kappa shape index (κ1) is 13.4. The molecule has 0 aliphatic carbocycles. The van der Waals surface area contributed by atoms with Gasteiger partial charge in [-0.15, -0.1) is 0 Å². The summed E-state index contributed by atoms with van der Waals surface area (Å²) in [5.74, 6) is 0.840. The molecular weight excluding hydrogens is 220 g/mol. The Balaban J connectivity index is 2.18. The minimum absolute atomic E-state index is 0.840.